The summed E-state index contributed by atoms with van der Waals surface area (Å²) in [7, 11) is 3.03. The molecule has 0 aliphatic rings. The van der Waals surface area contributed by atoms with Crippen LogP contribution in [-0.4, -0.2) is 75.0 Å². The van der Waals surface area contributed by atoms with Gasteiger partial charge in [-0.15, -0.1) is 25.3 Å². The number of nitrogens with one attached hydrogen (secondary N) is 3. The van der Waals surface area contributed by atoms with Crippen LogP contribution in [0.15, 0.2) is 82.9 Å². The molecule has 2 rings (SSSR count). The van der Waals surface area contributed by atoms with Gasteiger partial charge < -0.3 is 41.8 Å². The molecule has 44 heavy (non-hydrogen) atoms. The molecule has 0 aliphatic carbocycles. The maximum atomic E-state index is 13.5. The lowest BCUT2D eigenvalue weighted by atomic mass is 9.96. The highest BCUT2D eigenvalue weighted by atomic mass is 32.1. The number of thiol groups is 2. The summed E-state index contributed by atoms with van der Waals surface area (Å²) in [4.78, 5) is 41.2. The van der Waals surface area contributed by atoms with Crippen LogP contribution in [0.5, 0.6) is 0 Å². The van der Waals surface area contributed by atoms with Gasteiger partial charge >= 0.3 is 12.1 Å². The Morgan fingerprint density at radius 2 is 1.36 bits per heavy atom. The average molecular weight is 645 g/mol. The number of nitrogens with two attached hydrogens (primary N) is 2. The highest BCUT2D eigenvalue weighted by Crippen LogP contribution is 2.14. The zero-order valence-electron chi connectivity index (χ0n) is 25.1. The molecule has 0 saturated heterocycles. The Kier molecular flexibility index (Phi) is 16.7. The van der Waals surface area contributed by atoms with E-state index in [1.165, 1.54) is 24.4 Å². The number of carbonyl (C=O) groups is 3. The van der Waals surface area contributed by atoms with Crippen LogP contribution in [0, 0.1) is 0 Å². The summed E-state index contributed by atoms with van der Waals surface area (Å²) in [6.45, 7) is 0.105. The van der Waals surface area contributed by atoms with E-state index in [4.69, 9.17) is 20.9 Å². The molecule has 0 aliphatic heterocycles. The predicted octanol–water partition coefficient (Wildman–Crippen LogP) is 2.95. The summed E-state index contributed by atoms with van der Waals surface area (Å²) in [6.07, 6.45) is 4.12. The molecule has 0 aromatic heterocycles. The van der Waals surface area contributed by atoms with Crippen molar-refractivity contribution in [2.45, 2.75) is 43.8 Å². The fourth-order valence-corrected chi connectivity index (χ4v) is 4.60. The summed E-state index contributed by atoms with van der Waals surface area (Å²) < 4.78 is 10.5. The van der Waals surface area contributed by atoms with E-state index in [1.54, 1.807) is 7.05 Å². The number of hydrogen-bond donors (Lipinski definition) is 7. The Hall–Kier alpha value is -3.81. The van der Waals surface area contributed by atoms with Crippen LogP contribution in [-0.2, 0) is 27.1 Å². The van der Waals surface area contributed by atoms with Crippen molar-refractivity contribution >= 4 is 43.3 Å². The molecule has 2 aromatic rings. The van der Waals surface area contributed by atoms with Gasteiger partial charge in [0.15, 0.2) is 0 Å². The van der Waals surface area contributed by atoms with Crippen LogP contribution < -0.4 is 27.4 Å². The lowest BCUT2D eigenvalue weighted by Crippen LogP contribution is -2.54. The number of rotatable bonds is 17. The standard InChI is InChI=1S/C31H44N6O5S2/c1-37(19-26(43)17-32)30(39)36-28(21-41-2)29(38)34-24(15-22-9-5-3-6-10-22)13-14-25(16-23-11-7-4-8-12-23)35-31(40)42-20-27(44)18-33/h3-12,17-18,24-25,28,43-44H,13-16,19-21,32-33H2,1-2H3,(H,34,38)(H,35,40)(H,36,39)/b26-17-,27-18-/t24-,25-,28+/m1/s1. The molecule has 0 radical (unpaired) electrons. The van der Waals surface area contributed by atoms with Crippen LogP contribution in [0.25, 0.3) is 0 Å². The molecular formula is C31H44N6O5S2. The van der Waals surface area contributed by atoms with Crippen LogP contribution in [0.2, 0.25) is 0 Å². The van der Waals surface area contributed by atoms with E-state index < -0.39 is 24.1 Å². The van der Waals surface area contributed by atoms with Gasteiger partial charge in [-0.05, 0) is 36.8 Å². The lowest BCUT2D eigenvalue weighted by Gasteiger charge is -2.27. The Labute approximate surface area is 270 Å². The number of ether oxygens (including phenoxy) is 2. The van der Waals surface area contributed by atoms with Crippen molar-refractivity contribution in [2.75, 3.05) is 33.9 Å². The quantitative estimate of drug-likeness (QED) is 0.130. The molecule has 0 heterocycles. The minimum atomic E-state index is -0.947. The number of benzene rings is 2. The van der Waals surface area contributed by atoms with E-state index in [0.717, 1.165) is 11.1 Å². The van der Waals surface area contributed by atoms with E-state index in [1.807, 2.05) is 60.7 Å². The maximum Gasteiger partial charge on any atom is 0.407 e. The van der Waals surface area contributed by atoms with E-state index in [0.29, 0.717) is 35.5 Å². The predicted molar refractivity (Wildman–Crippen MR) is 179 cm³/mol. The fraction of sp³-hybridized carbons (Fsp3) is 0.387. The second-order valence-electron chi connectivity index (χ2n) is 10.2. The average Bonchev–Trinajstić information content (AvgIpc) is 3.02. The minimum Gasteiger partial charge on any atom is -0.444 e. The first-order valence-corrected chi connectivity index (χ1v) is 15.1. The second-order valence-corrected chi connectivity index (χ2v) is 11.4. The van der Waals surface area contributed by atoms with Crippen molar-refractivity contribution in [2.24, 2.45) is 11.5 Å². The molecule has 0 spiro atoms. The maximum absolute atomic E-state index is 13.5. The summed E-state index contributed by atoms with van der Waals surface area (Å²) in [6, 6.07) is 17.5. The van der Waals surface area contributed by atoms with Gasteiger partial charge in [0.25, 0.3) is 0 Å². The number of likely N-dealkylation sites (N-methyl/N-ethyl adjacent to an activating group) is 1. The Morgan fingerprint density at radius 1 is 0.841 bits per heavy atom. The summed E-state index contributed by atoms with van der Waals surface area (Å²) >= 11 is 8.36. The van der Waals surface area contributed by atoms with Crippen molar-refractivity contribution in [3.8, 4) is 0 Å². The van der Waals surface area contributed by atoms with Gasteiger partial charge in [0.2, 0.25) is 5.91 Å². The van der Waals surface area contributed by atoms with E-state index >= 15 is 0 Å². The van der Waals surface area contributed by atoms with Crippen molar-refractivity contribution in [1.82, 2.24) is 20.9 Å². The van der Waals surface area contributed by atoms with Gasteiger partial charge in [0, 0.05) is 48.5 Å². The fourth-order valence-electron chi connectivity index (χ4n) is 4.32. The topological polar surface area (TPSA) is 161 Å². The van der Waals surface area contributed by atoms with Gasteiger partial charge in [-0.25, -0.2) is 9.59 Å². The molecule has 7 N–H and O–H groups in total. The van der Waals surface area contributed by atoms with Crippen LogP contribution in [0.4, 0.5) is 9.59 Å². The first kappa shape index (κ1) is 36.4. The molecule has 0 fully saturated rings. The molecule has 11 nitrogen and oxygen atoms in total. The zero-order chi connectivity index (χ0) is 32.3. The number of carbonyl (C=O) groups excluding carboxylic acids is 3. The van der Waals surface area contributed by atoms with Crippen LogP contribution >= 0.6 is 25.3 Å². The number of amides is 4. The highest BCUT2D eigenvalue weighted by Gasteiger charge is 2.26. The number of urea groups is 1. The number of nitrogens with zero attached hydrogens (tertiary/aromatic N) is 1. The summed E-state index contributed by atoms with van der Waals surface area (Å²) in [5, 5.41) is 8.76. The zero-order valence-corrected chi connectivity index (χ0v) is 26.9. The molecule has 2 aromatic carbocycles. The first-order chi connectivity index (χ1) is 21.1. The minimum absolute atomic E-state index is 0.0294. The molecule has 4 amide bonds. The van der Waals surface area contributed by atoms with E-state index in [2.05, 4.69) is 41.2 Å². The van der Waals surface area contributed by atoms with Gasteiger partial charge in [0.05, 0.1) is 13.2 Å². The highest BCUT2D eigenvalue weighted by molar-refractivity contribution is 7.84. The molecule has 13 heteroatoms. The van der Waals surface area contributed by atoms with Gasteiger partial charge in [-0.3, -0.25) is 4.79 Å². The molecule has 240 valence electrons. The number of methoxy groups -OCH3 is 1. The van der Waals surface area contributed by atoms with Crippen molar-refractivity contribution in [3.63, 3.8) is 0 Å². The third-order valence-corrected chi connectivity index (χ3v) is 7.18. The Bertz CT molecular complexity index is 1230. The largest absolute Gasteiger partial charge is 0.444 e. The van der Waals surface area contributed by atoms with Crippen molar-refractivity contribution in [1.29, 1.82) is 0 Å². The number of hydrogen-bond acceptors (Lipinski definition) is 9. The molecule has 3 atom stereocenters. The van der Waals surface area contributed by atoms with Crippen LogP contribution in [0.3, 0.4) is 0 Å². The smallest absolute Gasteiger partial charge is 0.407 e. The molecular weight excluding hydrogens is 601 g/mol. The summed E-state index contributed by atoms with van der Waals surface area (Å²) in [5.41, 5.74) is 13.0. The molecule has 0 unspecified atom stereocenters. The SMILES string of the molecule is COC[C@H](NC(=O)N(C)C/C(S)=C/N)C(=O)N[C@H](CC[C@H](Cc1ccccc1)NC(=O)OC/C(S)=C/N)Cc1ccccc1. The van der Waals surface area contributed by atoms with E-state index in [-0.39, 0.29) is 31.8 Å². The van der Waals surface area contributed by atoms with Crippen LogP contribution in [0.1, 0.15) is 24.0 Å². The normalized spacial score (nSPS) is 13.7. The Balaban J connectivity index is 2.18. The van der Waals surface area contributed by atoms with Gasteiger partial charge in [-0.1, -0.05) is 60.7 Å². The first-order valence-electron chi connectivity index (χ1n) is 14.2. The van der Waals surface area contributed by atoms with Gasteiger partial charge in [0.1, 0.15) is 12.6 Å². The summed E-state index contributed by atoms with van der Waals surface area (Å²) in [5.74, 6) is -0.392. The number of alkyl carbamates (subject to hydrolysis) is 1. The van der Waals surface area contributed by atoms with Gasteiger partial charge in [-0.2, -0.15) is 0 Å². The lowest BCUT2D eigenvalue weighted by molar-refractivity contribution is -0.125. The molecule has 0 bridgehead atoms. The second kappa shape index (κ2) is 20.2. The van der Waals surface area contributed by atoms with Crippen molar-refractivity contribution < 1.29 is 23.9 Å². The van der Waals surface area contributed by atoms with Crippen molar-refractivity contribution in [3.05, 3.63) is 94.0 Å². The Morgan fingerprint density at radius 3 is 1.86 bits per heavy atom. The third kappa shape index (κ3) is 14.1. The third-order valence-electron chi connectivity index (χ3n) is 6.61. The monoisotopic (exact) mass is 644 g/mol. The van der Waals surface area contributed by atoms with E-state index in [9.17, 15) is 14.4 Å². The molecule has 0 saturated carbocycles.